The van der Waals surface area contributed by atoms with Crippen LogP contribution in [0.5, 0.6) is 0 Å². The second-order valence-corrected chi connectivity index (χ2v) is 6.86. The number of anilines is 1. The van der Waals surface area contributed by atoms with Crippen LogP contribution in [0.25, 0.3) is 10.8 Å². The molecule has 1 amide bonds. The zero-order valence-corrected chi connectivity index (χ0v) is 13.9. The van der Waals surface area contributed by atoms with Crippen molar-refractivity contribution in [2.24, 2.45) is 0 Å². The van der Waals surface area contributed by atoms with Gasteiger partial charge in [0.1, 0.15) is 0 Å². The SMILES string of the molecule is CCc1ccc(C(=O)Nc2ccc3cc(Br)ccc3c2)s1. The fourth-order valence-electron chi connectivity index (χ4n) is 2.18. The summed E-state index contributed by atoms with van der Waals surface area (Å²) in [5.41, 5.74) is 0.821. The van der Waals surface area contributed by atoms with Crippen LogP contribution >= 0.6 is 27.3 Å². The van der Waals surface area contributed by atoms with Crippen LogP contribution in [-0.4, -0.2) is 5.91 Å². The van der Waals surface area contributed by atoms with Gasteiger partial charge in [-0.1, -0.05) is 35.0 Å². The Morgan fingerprint density at radius 3 is 2.62 bits per heavy atom. The van der Waals surface area contributed by atoms with Crippen LogP contribution in [0, 0.1) is 0 Å². The third kappa shape index (κ3) is 3.17. The van der Waals surface area contributed by atoms with Gasteiger partial charge in [-0.15, -0.1) is 11.3 Å². The summed E-state index contributed by atoms with van der Waals surface area (Å²) in [6, 6.07) is 15.9. The van der Waals surface area contributed by atoms with Crippen molar-refractivity contribution in [3.63, 3.8) is 0 Å². The van der Waals surface area contributed by atoms with Gasteiger partial charge in [-0.2, -0.15) is 0 Å². The van der Waals surface area contributed by atoms with Crippen LogP contribution in [-0.2, 0) is 6.42 Å². The summed E-state index contributed by atoms with van der Waals surface area (Å²) in [6.07, 6.45) is 0.961. The van der Waals surface area contributed by atoms with Gasteiger partial charge in [0.15, 0.2) is 0 Å². The number of halogens is 1. The van der Waals surface area contributed by atoms with E-state index in [1.807, 2.05) is 42.5 Å². The molecule has 106 valence electrons. The average Bonchev–Trinajstić information content (AvgIpc) is 2.96. The van der Waals surface area contributed by atoms with Crippen molar-refractivity contribution >= 4 is 49.6 Å². The number of amides is 1. The van der Waals surface area contributed by atoms with Crippen LogP contribution in [0.4, 0.5) is 5.69 Å². The Morgan fingerprint density at radius 2 is 1.86 bits per heavy atom. The fraction of sp³-hybridized carbons (Fsp3) is 0.118. The molecule has 0 saturated carbocycles. The minimum absolute atomic E-state index is 0.0452. The van der Waals surface area contributed by atoms with Crippen molar-refractivity contribution in [3.8, 4) is 0 Å². The monoisotopic (exact) mass is 359 g/mol. The van der Waals surface area contributed by atoms with E-state index in [1.54, 1.807) is 11.3 Å². The van der Waals surface area contributed by atoms with Gasteiger partial charge in [0.25, 0.3) is 5.91 Å². The lowest BCUT2D eigenvalue weighted by molar-refractivity contribution is 0.103. The number of benzene rings is 2. The van der Waals surface area contributed by atoms with Gasteiger partial charge in [-0.25, -0.2) is 0 Å². The molecule has 0 aliphatic heterocycles. The molecule has 0 spiro atoms. The van der Waals surface area contributed by atoms with E-state index in [4.69, 9.17) is 0 Å². The Labute approximate surface area is 135 Å². The molecule has 0 aliphatic carbocycles. The Kier molecular flexibility index (Phi) is 4.08. The molecule has 2 aromatic carbocycles. The van der Waals surface area contributed by atoms with E-state index in [2.05, 4.69) is 34.2 Å². The second-order valence-electron chi connectivity index (χ2n) is 4.78. The van der Waals surface area contributed by atoms with Crippen molar-refractivity contribution in [1.29, 1.82) is 0 Å². The second kappa shape index (κ2) is 6.00. The van der Waals surface area contributed by atoms with E-state index in [1.165, 1.54) is 4.88 Å². The van der Waals surface area contributed by atoms with Crippen LogP contribution in [0.3, 0.4) is 0 Å². The number of aryl methyl sites for hydroxylation is 1. The normalized spacial score (nSPS) is 10.8. The van der Waals surface area contributed by atoms with Crippen LogP contribution in [0.1, 0.15) is 21.5 Å². The average molecular weight is 360 g/mol. The summed E-state index contributed by atoms with van der Waals surface area (Å²) in [5.74, 6) is -0.0452. The zero-order valence-electron chi connectivity index (χ0n) is 11.5. The molecule has 1 heterocycles. The largest absolute Gasteiger partial charge is 0.321 e. The maximum atomic E-state index is 12.2. The zero-order chi connectivity index (χ0) is 14.8. The van der Waals surface area contributed by atoms with Crippen LogP contribution in [0.15, 0.2) is 53.0 Å². The number of nitrogens with one attached hydrogen (secondary N) is 1. The van der Waals surface area contributed by atoms with Gasteiger partial charge in [-0.05, 0) is 53.6 Å². The minimum Gasteiger partial charge on any atom is -0.321 e. The topological polar surface area (TPSA) is 29.1 Å². The number of rotatable bonds is 3. The lowest BCUT2D eigenvalue weighted by Gasteiger charge is -2.06. The molecule has 0 saturated heterocycles. The number of fused-ring (bicyclic) bond motifs is 1. The highest BCUT2D eigenvalue weighted by atomic mass is 79.9. The maximum absolute atomic E-state index is 12.2. The lowest BCUT2D eigenvalue weighted by Crippen LogP contribution is -2.09. The highest BCUT2D eigenvalue weighted by Crippen LogP contribution is 2.24. The minimum atomic E-state index is -0.0452. The quantitative estimate of drug-likeness (QED) is 0.659. The molecule has 21 heavy (non-hydrogen) atoms. The third-order valence-corrected chi connectivity index (χ3v) is 5.02. The van der Waals surface area contributed by atoms with Crippen molar-refractivity contribution < 1.29 is 4.79 Å². The highest BCUT2D eigenvalue weighted by Gasteiger charge is 2.09. The van der Waals surface area contributed by atoms with Crippen LogP contribution < -0.4 is 5.32 Å². The first kappa shape index (κ1) is 14.3. The predicted molar refractivity (Wildman–Crippen MR) is 93.3 cm³/mol. The van der Waals surface area contributed by atoms with Crippen molar-refractivity contribution in [2.75, 3.05) is 5.32 Å². The molecule has 4 heteroatoms. The molecule has 0 fully saturated rings. The molecule has 0 unspecified atom stereocenters. The smallest absolute Gasteiger partial charge is 0.265 e. The first-order valence-electron chi connectivity index (χ1n) is 6.75. The van der Waals surface area contributed by atoms with E-state index in [0.29, 0.717) is 0 Å². The maximum Gasteiger partial charge on any atom is 0.265 e. The Balaban J connectivity index is 1.84. The Morgan fingerprint density at radius 1 is 1.10 bits per heavy atom. The van der Waals surface area contributed by atoms with Crippen molar-refractivity contribution in [3.05, 3.63) is 62.8 Å². The molecule has 1 N–H and O–H groups in total. The summed E-state index contributed by atoms with van der Waals surface area (Å²) in [4.78, 5) is 14.2. The summed E-state index contributed by atoms with van der Waals surface area (Å²) in [6.45, 7) is 2.09. The third-order valence-electron chi connectivity index (χ3n) is 3.29. The van der Waals surface area contributed by atoms with Crippen molar-refractivity contribution in [2.45, 2.75) is 13.3 Å². The number of hydrogen-bond donors (Lipinski definition) is 1. The van der Waals surface area contributed by atoms with Crippen LogP contribution in [0.2, 0.25) is 0 Å². The lowest BCUT2D eigenvalue weighted by atomic mass is 10.1. The molecule has 0 aliphatic rings. The number of carbonyl (C=O) groups is 1. The first-order chi connectivity index (χ1) is 10.2. The molecule has 0 atom stereocenters. The molecule has 2 nitrogen and oxygen atoms in total. The Bertz CT molecular complexity index is 809. The molecular weight excluding hydrogens is 346 g/mol. The van der Waals surface area contributed by atoms with Gasteiger partial charge in [-0.3, -0.25) is 4.79 Å². The summed E-state index contributed by atoms with van der Waals surface area (Å²) >= 11 is 5.01. The predicted octanol–water partition coefficient (Wildman–Crippen LogP) is 5.48. The van der Waals surface area contributed by atoms with Gasteiger partial charge in [0, 0.05) is 15.0 Å². The highest BCUT2D eigenvalue weighted by molar-refractivity contribution is 9.10. The van der Waals surface area contributed by atoms with E-state index >= 15 is 0 Å². The molecule has 3 rings (SSSR count). The summed E-state index contributed by atoms with van der Waals surface area (Å²) in [5, 5.41) is 5.22. The molecule has 0 radical (unpaired) electrons. The number of thiophene rings is 1. The first-order valence-corrected chi connectivity index (χ1v) is 8.36. The number of carbonyl (C=O) groups excluding carboxylic acids is 1. The molecular formula is C17H14BrNOS. The van der Waals surface area contributed by atoms with Gasteiger partial charge in [0.05, 0.1) is 4.88 Å². The molecule has 3 aromatic rings. The standard InChI is InChI=1S/C17H14BrNOS/c1-2-15-7-8-16(21-15)17(20)19-14-6-4-11-9-13(18)5-3-12(11)10-14/h3-10H,2H2,1H3,(H,19,20). The summed E-state index contributed by atoms with van der Waals surface area (Å²) in [7, 11) is 0. The molecule has 0 bridgehead atoms. The fourth-order valence-corrected chi connectivity index (χ4v) is 3.40. The van der Waals surface area contributed by atoms with Gasteiger partial charge in [0.2, 0.25) is 0 Å². The Hall–Kier alpha value is -1.65. The summed E-state index contributed by atoms with van der Waals surface area (Å²) < 4.78 is 1.05. The van der Waals surface area contributed by atoms with E-state index in [-0.39, 0.29) is 5.91 Å². The van der Waals surface area contributed by atoms with Gasteiger partial charge < -0.3 is 5.32 Å². The van der Waals surface area contributed by atoms with E-state index in [9.17, 15) is 4.79 Å². The van der Waals surface area contributed by atoms with E-state index < -0.39 is 0 Å². The van der Waals surface area contributed by atoms with E-state index in [0.717, 1.165) is 32.2 Å². The molecule has 1 aromatic heterocycles. The van der Waals surface area contributed by atoms with Crippen molar-refractivity contribution in [1.82, 2.24) is 0 Å². The van der Waals surface area contributed by atoms with Gasteiger partial charge >= 0.3 is 0 Å². The number of hydrogen-bond acceptors (Lipinski definition) is 2.